The van der Waals surface area contributed by atoms with Gasteiger partial charge in [-0.2, -0.15) is 0 Å². The predicted molar refractivity (Wildman–Crippen MR) is 112 cm³/mol. The van der Waals surface area contributed by atoms with Crippen LogP contribution >= 0.6 is 0 Å². The van der Waals surface area contributed by atoms with Crippen LogP contribution in [0.3, 0.4) is 0 Å². The summed E-state index contributed by atoms with van der Waals surface area (Å²) in [5.41, 5.74) is 0. The lowest BCUT2D eigenvalue weighted by atomic mass is 10.2. The molecule has 0 fully saturated rings. The number of benzene rings is 2. The zero-order chi connectivity index (χ0) is 21.3. The van der Waals surface area contributed by atoms with Crippen LogP contribution in [0.4, 0.5) is 0 Å². The maximum absolute atomic E-state index is 12.4. The summed E-state index contributed by atoms with van der Waals surface area (Å²) in [7, 11) is -0.413. The molecule has 0 spiro atoms. The van der Waals surface area contributed by atoms with Gasteiger partial charge in [-0.05, 0) is 49.7 Å². The van der Waals surface area contributed by atoms with Gasteiger partial charge in [0.1, 0.15) is 18.1 Å². The molecule has 2 aromatic rings. The van der Waals surface area contributed by atoms with Gasteiger partial charge in [-0.3, -0.25) is 4.79 Å². The molecule has 7 nitrogen and oxygen atoms in total. The minimum Gasteiger partial charge on any atom is -0.497 e. The lowest BCUT2D eigenvalue weighted by Crippen LogP contribution is -2.37. The van der Waals surface area contributed by atoms with E-state index in [0.29, 0.717) is 18.8 Å². The van der Waals surface area contributed by atoms with Crippen molar-refractivity contribution >= 4 is 15.9 Å². The van der Waals surface area contributed by atoms with E-state index in [1.54, 1.807) is 61.7 Å². The molecule has 0 aromatic heterocycles. The van der Waals surface area contributed by atoms with Gasteiger partial charge in [-0.25, -0.2) is 12.7 Å². The summed E-state index contributed by atoms with van der Waals surface area (Å²) < 4.78 is 36.9. The van der Waals surface area contributed by atoms with Gasteiger partial charge in [-0.1, -0.05) is 18.2 Å². The molecule has 29 heavy (non-hydrogen) atoms. The van der Waals surface area contributed by atoms with Crippen molar-refractivity contribution in [1.82, 2.24) is 9.62 Å². The van der Waals surface area contributed by atoms with Crippen molar-refractivity contribution in [3.8, 4) is 11.5 Å². The molecule has 0 heterocycles. The third kappa shape index (κ3) is 7.07. The van der Waals surface area contributed by atoms with E-state index in [1.165, 1.54) is 11.4 Å². The van der Waals surface area contributed by atoms with Crippen LogP contribution in [-0.2, 0) is 14.8 Å². The van der Waals surface area contributed by atoms with Gasteiger partial charge in [0.05, 0.1) is 18.0 Å². The van der Waals surface area contributed by atoms with E-state index < -0.39 is 10.0 Å². The first-order valence-corrected chi connectivity index (χ1v) is 10.8. The van der Waals surface area contributed by atoms with Crippen molar-refractivity contribution in [1.29, 1.82) is 0 Å². The maximum Gasteiger partial charge on any atom is 0.242 e. The molecule has 2 rings (SSSR count). The highest BCUT2D eigenvalue weighted by Gasteiger charge is 2.20. The molecule has 0 aliphatic heterocycles. The Morgan fingerprint density at radius 1 is 1.07 bits per heavy atom. The molecular weight excluding hydrogens is 392 g/mol. The fourth-order valence-corrected chi connectivity index (χ4v) is 3.87. The number of nitrogens with zero attached hydrogens (tertiary/aromatic N) is 1. The summed E-state index contributed by atoms with van der Waals surface area (Å²) in [6.45, 7) is 2.45. The molecule has 0 aliphatic rings. The first-order valence-electron chi connectivity index (χ1n) is 9.40. The molecule has 2 aromatic carbocycles. The molecule has 1 N–H and O–H groups in total. The largest absolute Gasteiger partial charge is 0.497 e. The van der Waals surface area contributed by atoms with Crippen LogP contribution in [0.5, 0.6) is 11.5 Å². The maximum atomic E-state index is 12.4. The second kappa shape index (κ2) is 10.8. The molecule has 1 atom stereocenters. The van der Waals surface area contributed by atoms with Gasteiger partial charge < -0.3 is 14.8 Å². The van der Waals surface area contributed by atoms with Gasteiger partial charge in [0, 0.05) is 20.0 Å². The van der Waals surface area contributed by atoms with E-state index in [2.05, 4.69) is 5.32 Å². The number of nitrogens with one attached hydrogen (secondary N) is 1. The third-order valence-corrected chi connectivity index (χ3v) is 6.17. The van der Waals surface area contributed by atoms with E-state index in [9.17, 15) is 13.2 Å². The van der Waals surface area contributed by atoms with Crippen LogP contribution in [0.15, 0.2) is 59.5 Å². The molecule has 1 unspecified atom stereocenters. The number of hydrogen-bond acceptors (Lipinski definition) is 5. The highest BCUT2D eigenvalue weighted by molar-refractivity contribution is 7.89. The number of carbonyl (C=O) groups excluding carboxylic acids is 1. The van der Waals surface area contributed by atoms with E-state index in [-0.39, 0.29) is 29.8 Å². The Labute approximate surface area is 172 Å². The Bertz CT molecular complexity index is 870. The smallest absolute Gasteiger partial charge is 0.242 e. The van der Waals surface area contributed by atoms with Gasteiger partial charge in [0.25, 0.3) is 0 Å². The van der Waals surface area contributed by atoms with E-state index in [4.69, 9.17) is 9.47 Å². The number of carbonyl (C=O) groups is 1. The lowest BCUT2D eigenvalue weighted by molar-refractivity contribution is -0.122. The predicted octanol–water partition coefficient (Wildman–Crippen LogP) is 2.68. The Morgan fingerprint density at radius 3 is 2.31 bits per heavy atom. The second-order valence-corrected chi connectivity index (χ2v) is 8.74. The minimum absolute atomic E-state index is 0.138. The SMILES string of the molecule is COc1ccc(OCC(C)NC(=O)CCCN(C)S(=O)(=O)c2ccccc2)cc1. The summed E-state index contributed by atoms with van der Waals surface area (Å²) >= 11 is 0. The zero-order valence-corrected chi connectivity index (χ0v) is 17.8. The van der Waals surface area contributed by atoms with Crippen LogP contribution in [0, 0.1) is 0 Å². The van der Waals surface area contributed by atoms with E-state index in [0.717, 1.165) is 5.75 Å². The monoisotopic (exact) mass is 420 g/mol. The first kappa shape index (κ1) is 22.7. The van der Waals surface area contributed by atoms with Crippen molar-refractivity contribution in [2.45, 2.75) is 30.7 Å². The van der Waals surface area contributed by atoms with Crippen molar-refractivity contribution in [3.05, 3.63) is 54.6 Å². The minimum atomic E-state index is -3.53. The van der Waals surface area contributed by atoms with Gasteiger partial charge >= 0.3 is 0 Å². The molecule has 0 saturated carbocycles. The van der Waals surface area contributed by atoms with Crippen LogP contribution in [0.2, 0.25) is 0 Å². The number of amides is 1. The first-order chi connectivity index (χ1) is 13.8. The van der Waals surface area contributed by atoms with Crippen molar-refractivity contribution in [3.63, 3.8) is 0 Å². The van der Waals surface area contributed by atoms with Gasteiger partial charge in [0.15, 0.2) is 0 Å². The zero-order valence-electron chi connectivity index (χ0n) is 17.0. The fourth-order valence-electron chi connectivity index (χ4n) is 2.64. The van der Waals surface area contributed by atoms with Crippen LogP contribution in [-0.4, -0.2) is 52.0 Å². The highest BCUT2D eigenvalue weighted by atomic mass is 32.2. The van der Waals surface area contributed by atoms with E-state index >= 15 is 0 Å². The average Bonchev–Trinajstić information content (AvgIpc) is 2.73. The number of ether oxygens (including phenoxy) is 2. The summed E-state index contributed by atoms with van der Waals surface area (Å²) in [5, 5.41) is 2.86. The van der Waals surface area contributed by atoms with Crippen LogP contribution in [0.1, 0.15) is 19.8 Å². The number of rotatable bonds is 11. The normalized spacial score (nSPS) is 12.4. The number of sulfonamides is 1. The quantitative estimate of drug-likeness (QED) is 0.604. The van der Waals surface area contributed by atoms with Gasteiger partial charge in [0.2, 0.25) is 15.9 Å². The molecule has 8 heteroatoms. The summed E-state index contributed by atoms with van der Waals surface area (Å²) in [6.07, 6.45) is 0.669. The standard InChI is InChI=1S/C21H28N2O5S/c1-17(16-28-19-13-11-18(27-3)12-14-19)22-21(24)10-7-15-23(2)29(25,26)20-8-5-4-6-9-20/h4-6,8-9,11-14,17H,7,10,15-16H2,1-3H3,(H,22,24). The topological polar surface area (TPSA) is 84.9 Å². The summed E-state index contributed by atoms with van der Waals surface area (Å²) in [4.78, 5) is 12.3. The molecule has 1 amide bonds. The lowest BCUT2D eigenvalue weighted by Gasteiger charge is -2.18. The van der Waals surface area contributed by atoms with Crippen molar-refractivity contribution < 1.29 is 22.7 Å². The molecule has 0 saturated heterocycles. The van der Waals surface area contributed by atoms with Crippen LogP contribution < -0.4 is 14.8 Å². The fraction of sp³-hybridized carbons (Fsp3) is 0.381. The summed E-state index contributed by atoms with van der Waals surface area (Å²) in [5.74, 6) is 1.30. The Morgan fingerprint density at radius 2 is 1.69 bits per heavy atom. The Hall–Kier alpha value is -2.58. The van der Waals surface area contributed by atoms with E-state index in [1.807, 2.05) is 6.92 Å². The Kier molecular flexibility index (Phi) is 8.48. The molecule has 0 bridgehead atoms. The summed E-state index contributed by atoms with van der Waals surface area (Å²) in [6, 6.07) is 15.3. The average molecular weight is 421 g/mol. The highest BCUT2D eigenvalue weighted by Crippen LogP contribution is 2.17. The van der Waals surface area contributed by atoms with Crippen LogP contribution in [0.25, 0.3) is 0 Å². The van der Waals surface area contributed by atoms with Crippen molar-refractivity contribution in [2.75, 3.05) is 27.3 Å². The number of hydrogen-bond donors (Lipinski definition) is 1. The van der Waals surface area contributed by atoms with Gasteiger partial charge in [-0.15, -0.1) is 0 Å². The Balaban J connectivity index is 1.70. The molecule has 0 aliphatic carbocycles. The van der Waals surface area contributed by atoms with Crippen molar-refractivity contribution in [2.24, 2.45) is 0 Å². The second-order valence-electron chi connectivity index (χ2n) is 6.70. The number of methoxy groups -OCH3 is 1. The molecular formula is C21H28N2O5S. The third-order valence-electron chi connectivity index (χ3n) is 4.30. The molecule has 158 valence electrons. The molecule has 0 radical (unpaired) electrons.